The topological polar surface area (TPSA) is 52.0 Å². The first-order valence-electron chi connectivity index (χ1n) is 7.04. The molecule has 23 heavy (non-hydrogen) atoms. The van der Waals surface area contributed by atoms with Crippen molar-refractivity contribution in [2.24, 2.45) is 0 Å². The van der Waals surface area contributed by atoms with Crippen LogP contribution in [0.1, 0.15) is 26.3 Å². The van der Waals surface area contributed by atoms with Crippen molar-refractivity contribution in [1.29, 1.82) is 0 Å². The highest BCUT2D eigenvalue weighted by Gasteiger charge is 2.15. The molecule has 0 atom stereocenters. The van der Waals surface area contributed by atoms with Crippen LogP contribution < -0.4 is 0 Å². The van der Waals surface area contributed by atoms with Crippen LogP contribution in [0.25, 0.3) is 0 Å². The first kappa shape index (κ1) is 14.8. The molecule has 0 N–H and O–H groups in total. The highest BCUT2D eigenvalue weighted by Crippen LogP contribution is 2.12. The maximum absolute atomic E-state index is 13.7. The third-order valence-corrected chi connectivity index (χ3v) is 3.47. The van der Waals surface area contributed by atoms with Gasteiger partial charge < -0.3 is 0 Å². The Kier molecular flexibility index (Phi) is 4.10. The van der Waals surface area contributed by atoms with E-state index in [4.69, 9.17) is 0 Å². The molecule has 0 amide bonds. The zero-order valence-electron chi connectivity index (χ0n) is 12.1. The Bertz CT molecular complexity index is 856. The number of hydrogen-bond donors (Lipinski definition) is 0. The van der Waals surface area contributed by atoms with Crippen LogP contribution in [0.4, 0.5) is 4.39 Å². The summed E-state index contributed by atoms with van der Waals surface area (Å²) in [6.45, 7) is 0. The van der Waals surface area contributed by atoms with Gasteiger partial charge in [-0.05, 0) is 35.9 Å². The quantitative estimate of drug-likeness (QED) is 0.696. The van der Waals surface area contributed by atoms with Crippen LogP contribution in [0.5, 0.6) is 0 Å². The van der Waals surface area contributed by atoms with Crippen molar-refractivity contribution in [3.8, 4) is 0 Å². The number of carbonyl (C=O) groups excluding carboxylic acids is 2. The van der Waals surface area contributed by atoms with Crippen LogP contribution in [0.3, 0.4) is 0 Å². The van der Waals surface area contributed by atoms with Gasteiger partial charge in [-0.2, -0.15) is 0 Å². The summed E-state index contributed by atoms with van der Waals surface area (Å²) in [4.78, 5) is 28.4. The molecule has 0 aliphatic heterocycles. The third-order valence-electron chi connectivity index (χ3n) is 3.47. The summed E-state index contributed by atoms with van der Waals surface area (Å²) in [5.74, 6) is -1.21. The predicted octanol–water partition coefficient (Wildman–Crippen LogP) is 3.14. The summed E-state index contributed by atoms with van der Waals surface area (Å²) in [6, 6.07) is 10.8. The van der Waals surface area contributed by atoms with Gasteiger partial charge in [0.2, 0.25) is 0 Å². The summed E-state index contributed by atoms with van der Waals surface area (Å²) >= 11 is 0. The number of ketones is 1. The monoisotopic (exact) mass is 308 g/mol. The normalized spacial score (nSPS) is 10.5. The van der Waals surface area contributed by atoms with E-state index in [-0.39, 0.29) is 17.8 Å². The summed E-state index contributed by atoms with van der Waals surface area (Å²) < 4.78 is 14.9. The largest absolute Gasteiger partial charge is 0.294 e. The molecule has 0 unspecified atom stereocenters. The average Bonchev–Trinajstić information content (AvgIpc) is 3.06. The number of halogens is 1. The van der Waals surface area contributed by atoms with Gasteiger partial charge in [0.25, 0.3) is 5.91 Å². The fourth-order valence-corrected chi connectivity index (χ4v) is 2.25. The fourth-order valence-electron chi connectivity index (χ4n) is 2.25. The molecule has 0 radical (unpaired) electrons. The summed E-state index contributed by atoms with van der Waals surface area (Å²) in [5, 5.41) is 0. The lowest BCUT2D eigenvalue weighted by Gasteiger charge is -2.03. The Labute approximate surface area is 132 Å². The van der Waals surface area contributed by atoms with Crippen molar-refractivity contribution < 1.29 is 14.0 Å². The van der Waals surface area contributed by atoms with E-state index < -0.39 is 11.7 Å². The second-order valence-corrected chi connectivity index (χ2v) is 5.05. The van der Waals surface area contributed by atoms with Crippen molar-refractivity contribution in [2.75, 3.05) is 0 Å². The Balaban J connectivity index is 1.79. The molecule has 0 aliphatic rings. The Morgan fingerprint density at radius 2 is 1.78 bits per heavy atom. The number of benzene rings is 1. The number of hydrogen-bond acceptors (Lipinski definition) is 3. The second kappa shape index (κ2) is 6.36. The van der Waals surface area contributed by atoms with Gasteiger partial charge in [-0.3, -0.25) is 19.1 Å². The molecule has 0 fully saturated rings. The number of carbonyl (C=O) groups is 2. The van der Waals surface area contributed by atoms with E-state index in [2.05, 4.69) is 4.98 Å². The van der Waals surface area contributed by atoms with Crippen molar-refractivity contribution in [1.82, 2.24) is 9.55 Å². The summed E-state index contributed by atoms with van der Waals surface area (Å²) in [6.07, 6.45) is 6.36. The minimum Gasteiger partial charge on any atom is -0.294 e. The van der Waals surface area contributed by atoms with Crippen molar-refractivity contribution in [3.63, 3.8) is 0 Å². The number of rotatable bonds is 4. The molecule has 0 saturated heterocycles. The van der Waals surface area contributed by atoms with Gasteiger partial charge >= 0.3 is 0 Å². The van der Waals surface area contributed by atoms with Crippen molar-refractivity contribution >= 4 is 11.7 Å². The molecule has 3 rings (SSSR count). The van der Waals surface area contributed by atoms with Gasteiger partial charge in [0.05, 0.1) is 5.56 Å². The van der Waals surface area contributed by atoms with Crippen LogP contribution in [0, 0.1) is 5.82 Å². The average molecular weight is 308 g/mol. The minimum absolute atomic E-state index is 0.0313. The molecule has 114 valence electrons. The third kappa shape index (κ3) is 3.23. The SMILES string of the molecule is O=C(Cc1ccncc1)c1ccn(C(=O)c2ccccc2F)c1. The van der Waals surface area contributed by atoms with Crippen LogP contribution in [-0.4, -0.2) is 21.2 Å². The zero-order chi connectivity index (χ0) is 16.2. The highest BCUT2D eigenvalue weighted by atomic mass is 19.1. The summed E-state index contributed by atoms with van der Waals surface area (Å²) in [5.41, 5.74) is 1.22. The van der Waals surface area contributed by atoms with Crippen LogP contribution in [0.2, 0.25) is 0 Å². The van der Waals surface area contributed by atoms with Crippen LogP contribution in [-0.2, 0) is 6.42 Å². The van der Waals surface area contributed by atoms with Gasteiger partial charge in [-0.1, -0.05) is 12.1 Å². The standard InChI is InChI=1S/C18H13FN2O2/c19-16-4-2-1-3-15(16)18(23)21-10-7-14(12-21)17(22)11-13-5-8-20-9-6-13/h1-10,12H,11H2. The molecular formula is C18H13FN2O2. The Hall–Kier alpha value is -3.08. The smallest absolute Gasteiger partial charge is 0.264 e. The summed E-state index contributed by atoms with van der Waals surface area (Å²) in [7, 11) is 0. The second-order valence-electron chi connectivity index (χ2n) is 5.05. The lowest BCUT2D eigenvalue weighted by molar-refractivity contribution is 0.0956. The first-order chi connectivity index (χ1) is 11.1. The van der Waals surface area contributed by atoms with E-state index in [0.29, 0.717) is 5.56 Å². The zero-order valence-corrected chi connectivity index (χ0v) is 12.1. The molecule has 1 aromatic carbocycles. The van der Waals surface area contributed by atoms with Crippen LogP contribution >= 0.6 is 0 Å². The van der Waals surface area contributed by atoms with Crippen molar-refractivity contribution in [3.05, 3.63) is 89.8 Å². The Morgan fingerprint density at radius 3 is 2.52 bits per heavy atom. The maximum Gasteiger partial charge on any atom is 0.264 e. The minimum atomic E-state index is -0.587. The maximum atomic E-state index is 13.7. The molecule has 0 saturated carbocycles. The molecule has 2 heterocycles. The van der Waals surface area contributed by atoms with E-state index in [1.165, 1.54) is 35.2 Å². The molecule has 4 nitrogen and oxygen atoms in total. The van der Waals surface area contributed by atoms with E-state index in [0.717, 1.165) is 5.56 Å². The van der Waals surface area contributed by atoms with Gasteiger partial charge in [0, 0.05) is 36.8 Å². The van der Waals surface area contributed by atoms with Gasteiger partial charge in [0.1, 0.15) is 5.82 Å². The Morgan fingerprint density at radius 1 is 1.04 bits per heavy atom. The van der Waals surface area contributed by atoms with Gasteiger partial charge in [0.15, 0.2) is 5.78 Å². The van der Waals surface area contributed by atoms with Gasteiger partial charge in [-0.15, -0.1) is 0 Å². The fraction of sp³-hybridized carbons (Fsp3) is 0.0556. The lowest BCUT2D eigenvalue weighted by atomic mass is 10.1. The van der Waals surface area contributed by atoms with E-state index >= 15 is 0 Å². The number of Topliss-reactive ketones (excluding diaryl/α,β-unsaturated/α-hetero) is 1. The molecular weight excluding hydrogens is 295 g/mol. The molecule has 3 aromatic rings. The molecule has 0 aliphatic carbocycles. The van der Waals surface area contributed by atoms with Crippen LogP contribution in [0.15, 0.2) is 67.3 Å². The van der Waals surface area contributed by atoms with Gasteiger partial charge in [-0.25, -0.2) is 4.39 Å². The molecule has 2 aromatic heterocycles. The highest BCUT2D eigenvalue weighted by molar-refractivity contribution is 6.00. The molecule has 5 heteroatoms. The van der Waals surface area contributed by atoms with E-state index in [1.807, 2.05) is 0 Å². The first-order valence-corrected chi connectivity index (χ1v) is 7.04. The van der Waals surface area contributed by atoms with Crippen molar-refractivity contribution in [2.45, 2.75) is 6.42 Å². The number of pyridine rings is 1. The molecule has 0 spiro atoms. The van der Waals surface area contributed by atoms with E-state index in [1.54, 1.807) is 36.7 Å². The molecule has 0 bridgehead atoms. The lowest BCUT2D eigenvalue weighted by Crippen LogP contribution is -2.12. The van der Waals surface area contributed by atoms with E-state index in [9.17, 15) is 14.0 Å². The predicted molar refractivity (Wildman–Crippen MR) is 82.8 cm³/mol. The number of aromatic nitrogens is 2. The number of nitrogens with zero attached hydrogens (tertiary/aromatic N) is 2.